The Morgan fingerprint density at radius 1 is 1.46 bits per heavy atom. The van der Waals surface area contributed by atoms with Crippen LogP contribution in [0.15, 0.2) is 18.2 Å². The van der Waals surface area contributed by atoms with Crippen LogP contribution in [0.4, 0.5) is 0 Å². The van der Waals surface area contributed by atoms with Gasteiger partial charge in [0.05, 0.1) is 5.60 Å². The van der Waals surface area contributed by atoms with Gasteiger partial charge in [0.25, 0.3) is 0 Å². The molecule has 6 nitrogen and oxygen atoms in total. The van der Waals surface area contributed by atoms with Gasteiger partial charge in [-0.2, -0.15) is 0 Å². The molecule has 2 rings (SSSR count). The number of likely N-dealkylation sites (tertiary alicyclic amines) is 1. The van der Waals surface area contributed by atoms with Crippen LogP contribution in [0.3, 0.4) is 0 Å². The van der Waals surface area contributed by atoms with Crippen molar-refractivity contribution >= 4 is 17.6 Å². The van der Waals surface area contributed by atoms with Gasteiger partial charge in [-0.1, -0.05) is 11.6 Å². The van der Waals surface area contributed by atoms with Crippen LogP contribution in [0.2, 0.25) is 5.02 Å². The van der Waals surface area contributed by atoms with Gasteiger partial charge in [-0.25, -0.2) is 4.79 Å². The summed E-state index contributed by atoms with van der Waals surface area (Å²) < 4.78 is 5.36. The van der Waals surface area contributed by atoms with Gasteiger partial charge in [0, 0.05) is 30.2 Å². The number of ether oxygens (including phenoxy) is 1. The van der Waals surface area contributed by atoms with Gasteiger partial charge in [-0.05, 0) is 51.7 Å². The molecule has 1 aromatic rings. The molecule has 1 fully saturated rings. The summed E-state index contributed by atoms with van der Waals surface area (Å²) in [7, 11) is 3.90. The van der Waals surface area contributed by atoms with Crippen molar-refractivity contribution in [2.24, 2.45) is 0 Å². The average molecular weight is 357 g/mol. The van der Waals surface area contributed by atoms with Crippen LogP contribution in [-0.2, 0) is 11.3 Å². The molecule has 2 N–H and O–H groups in total. The molecule has 1 aliphatic heterocycles. The van der Waals surface area contributed by atoms with Crippen LogP contribution >= 0.6 is 11.6 Å². The quantitative estimate of drug-likeness (QED) is 0.774. The number of piperidine rings is 1. The van der Waals surface area contributed by atoms with E-state index >= 15 is 0 Å². The second-order valence-corrected chi connectivity index (χ2v) is 7.15. The van der Waals surface area contributed by atoms with Crippen molar-refractivity contribution in [1.82, 2.24) is 9.80 Å². The highest BCUT2D eigenvalue weighted by atomic mass is 35.5. The van der Waals surface area contributed by atoms with Gasteiger partial charge in [0.15, 0.2) is 6.61 Å². The topological polar surface area (TPSA) is 73.2 Å². The lowest BCUT2D eigenvalue weighted by Crippen LogP contribution is -2.52. The van der Waals surface area contributed by atoms with Gasteiger partial charge in [0.2, 0.25) is 0 Å². The monoisotopic (exact) mass is 356 g/mol. The highest BCUT2D eigenvalue weighted by Crippen LogP contribution is 2.28. The van der Waals surface area contributed by atoms with Gasteiger partial charge in [-0.3, -0.25) is 4.90 Å². The molecule has 0 radical (unpaired) electrons. The minimum atomic E-state index is -1.02. The lowest BCUT2D eigenvalue weighted by atomic mass is 9.92. The average Bonchev–Trinajstić information content (AvgIpc) is 2.45. The summed E-state index contributed by atoms with van der Waals surface area (Å²) in [5.74, 6) is -0.502. The van der Waals surface area contributed by atoms with Crippen molar-refractivity contribution in [2.75, 3.05) is 40.3 Å². The SMILES string of the molecule is CN(C)CC1(O)CCCN(Cc2cc(Cl)ccc2OCC(=O)O)C1. The third kappa shape index (κ3) is 5.63. The molecule has 0 aromatic heterocycles. The van der Waals surface area contributed by atoms with E-state index in [1.165, 1.54) is 0 Å². The van der Waals surface area contributed by atoms with Crippen LogP contribution in [0.5, 0.6) is 5.75 Å². The summed E-state index contributed by atoms with van der Waals surface area (Å²) >= 11 is 6.08. The van der Waals surface area contributed by atoms with Crippen molar-refractivity contribution in [3.8, 4) is 5.75 Å². The number of rotatable bonds is 7. The molecule has 7 heteroatoms. The Labute approximate surface area is 147 Å². The van der Waals surface area contributed by atoms with E-state index in [9.17, 15) is 9.90 Å². The van der Waals surface area contributed by atoms with Gasteiger partial charge >= 0.3 is 5.97 Å². The Kier molecular flexibility index (Phi) is 6.46. The fourth-order valence-electron chi connectivity index (χ4n) is 3.25. The number of hydrogen-bond acceptors (Lipinski definition) is 5. The van der Waals surface area contributed by atoms with Crippen molar-refractivity contribution in [3.63, 3.8) is 0 Å². The van der Waals surface area contributed by atoms with Crippen molar-refractivity contribution < 1.29 is 19.7 Å². The van der Waals surface area contributed by atoms with Gasteiger partial charge in [-0.15, -0.1) is 0 Å². The van der Waals surface area contributed by atoms with E-state index in [-0.39, 0.29) is 6.61 Å². The lowest BCUT2D eigenvalue weighted by Gasteiger charge is -2.40. The van der Waals surface area contributed by atoms with Crippen LogP contribution in [0, 0.1) is 0 Å². The summed E-state index contributed by atoms with van der Waals surface area (Å²) in [5.41, 5.74) is 0.0976. The number of carboxylic acid groups (broad SMARTS) is 1. The molecular weight excluding hydrogens is 332 g/mol. The number of likely N-dealkylation sites (N-methyl/N-ethyl adjacent to an activating group) is 1. The molecule has 0 amide bonds. The number of carboxylic acids is 1. The van der Waals surface area contributed by atoms with Crippen molar-refractivity contribution in [2.45, 2.75) is 25.0 Å². The molecule has 24 heavy (non-hydrogen) atoms. The molecule has 1 aromatic carbocycles. The normalized spacial score (nSPS) is 21.9. The first-order valence-corrected chi connectivity index (χ1v) is 8.38. The number of aliphatic hydroxyl groups is 1. The first-order chi connectivity index (χ1) is 11.3. The molecule has 0 aliphatic carbocycles. The lowest BCUT2D eigenvalue weighted by molar-refractivity contribution is -0.139. The number of aliphatic carboxylic acids is 1. The van der Waals surface area contributed by atoms with Crippen molar-refractivity contribution in [3.05, 3.63) is 28.8 Å². The molecule has 134 valence electrons. The Hall–Kier alpha value is -1.34. The summed E-state index contributed by atoms with van der Waals surface area (Å²) in [4.78, 5) is 14.9. The zero-order chi connectivity index (χ0) is 17.7. The predicted octanol–water partition coefficient (Wildman–Crippen LogP) is 1.69. The van der Waals surface area contributed by atoms with Crippen LogP contribution < -0.4 is 4.74 Å². The molecule has 1 heterocycles. The smallest absolute Gasteiger partial charge is 0.341 e. The van der Waals surface area contributed by atoms with E-state index in [1.54, 1.807) is 18.2 Å². The summed E-state index contributed by atoms with van der Waals surface area (Å²) in [6.45, 7) is 2.22. The second kappa shape index (κ2) is 8.16. The Balaban J connectivity index is 2.09. The van der Waals surface area contributed by atoms with Crippen molar-refractivity contribution in [1.29, 1.82) is 0 Å². The zero-order valence-electron chi connectivity index (χ0n) is 14.2. The van der Waals surface area contributed by atoms with E-state index in [1.807, 2.05) is 19.0 Å². The first-order valence-electron chi connectivity index (χ1n) is 8.00. The maximum Gasteiger partial charge on any atom is 0.341 e. The van der Waals surface area contributed by atoms with Crippen LogP contribution in [-0.4, -0.2) is 71.9 Å². The number of carbonyl (C=O) groups is 1. The van der Waals surface area contributed by atoms with E-state index in [0.717, 1.165) is 24.9 Å². The van der Waals surface area contributed by atoms with Crippen LogP contribution in [0.1, 0.15) is 18.4 Å². The maximum atomic E-state index is 10.8. The fraction of sp³-hybridized carbons (Fsp3) is 0.588. The highest BCUT2D eigenvalue weighted by Gasteiger charge is 2.33. The molecular formula is C17H25ClN2O4. The molecule has 0 spiro atoms. The summed E-state index contributed by atoms with van der Waals surface area (Å²) in [5, 5.41) is 20.1. The number of benzene rings is 1. The summed E-state index contributed by atoms with van der Waals surface area (Å²) in [6, 6.07) is 5.16. The molecule has 0 saturated carbocycles. The van der Waals surface area contributed by atoms with Gasteiger partial charge in [0.1, 0.15) is 5.75 Å². The number of hydrogen-bond donors (Lipinski definition) is 2. The summed E-state index contributed by atoms with van der Waals surface area (Å²) in [6.07, 6.45) is 1.69. The molecule has 1 unspecified atom stereocenters. The second-order valence-electron chi connectivity index (χ2n) is 6.71. The Bertz CT molecular complexity index is 582. The molecule has 1 saturated heterocycles. The third-order valence-electron chi connectivity index (χ3n) is 4.01. The number of nitrogens with zero attached hydrogens (tertiary/aromatic N) is 2. The van der Waals surface area contributed by atoms with E-state index < -0.39 is 11.6 Å². The van der Waals surface area contributed by atoms with Gasteiger partial charge < -0.3 is 19.8 Å². The fourth-order valence-corrected chi connectivity index (χ4v) is 3.45. The third-order valence-corrected chi connectivity index (χ3v) is 4.25. The van der Waals surface area contributed by atoms with E-state index in [0.29, 0.717) is 30.4 Å². The van der Waals surface area contributed by atoms with E-state index in [4.69, 9.17) is 21.4 Å². The minimum absolute atomic E-state index is 0.390. The highest BCUT2D eigenvalue weighted by molar-refractivity contribution is 6.30. The molecule has 1 atom stereocenters. The molecule has 0 bridgehead atoms. The Morgan fingerprint density at radius 3 is 2.88 bits per heavy atom. The Morgan fingerprint density at radius 2 is 2.21 bits per heavy atom. The minimum Gasteiger partial charge on any atom is -0.482 e. The van der Waals surface area contributed by atoms with E-state index in [2.05, 4.69) is 4.90 Å². The van der Waals surface area contributed by atoms with Crippen LogP contribution in [0.25, 0.3) is 0 Å². The first kappa shape index (κ1) is 19.0. The predicted molar refractivity (Wildman–Crippen MR) is 92.6 cm³/mol. The maximum absolute atomic E-state index is 10.8. The number of β-amino-alcohol motifs (C(OH)–C–C–N with tert-alkyl or cyclic N) is 1. The number of halogens is 1. The largest absolute Gasteiger partial charge is 0.482 e. The standard InChI is InChI=1S/C17H25ClN2O4/c1-19(2)11-17(23)6-3-7-20(12-17)9-13-8-14(18)4-5-15(13)24-10-16(21)22/h4-5,8,23H,3,6-7,9-12H2,1-2H3,(H,21,22). The molecule has 1 aliphatic rings. The zero-order valence-corrected chi connectivity index (χ0v) is 14.9.